The Morgan fingerprint density at radius 1 is 0.741 bits per heavy atom. The van der Waals surface area contributed by atoms with Crippen LogP contribution in [0.3, 0.4) is 0 Å². The number of hydrogen-bond acceptors (Lipinski definition) is 3. The summed E-state index contributed by atoms with van der Waals surface area (Å²) in [6.45, 7) is 0. The molecule has 0 fully saturated rings. The van der Waals surface area contributed by atoms with Gasteiger partial charge in [-0.25, -0.2) is 17.2 Å². The van der Waals surface area contributed by atoms with Crippen molar-refractivity contribution < 1.29 is 17.2 Å². The van der Waals surface area contributed by atoms with E-state index in [1.807, 2.05) is 30.3 Å². The van der Waals surface area contributed by atoms with Crippen LogP contribution in [0.15, 0.2) is 72.8 Å². The predicted molar refractivity (Wildman–Crippen MR) is 104 cm³/mol. The largest absolute Gasteiger partial charge is 0.351 e. The quantitative estimate of drug-likeness (QED) is 0.617. The molecule has 0 unspecified atom stereocenters. The molecule has 3 aromatic rings. The third-order valence-corrected chi connectivity index (χ3v) is 5.18. The second-order valence-corrected chi connectivity index (χ2v) is 7.80. The first-order valence-corrected chi connectivity index (χ1v) is 9.94. The Bertz CT molecular complexity index is 988. The highest BCUT2D eigenvalue weighted by atomic mass is 32.2. The minimum atomic E-state index is -3.51. The molecule has 0 atom stereocenters. The number of anilines is 3. The van der Waals surface area contributed by atoms with Crippen LogP contribution in [-0.4, -0.2) is 14.2 Å². The van der Waals surface area contributed by atoms with Crippen molar-refractivity contribution >= 4 is 27.1 Å². The van der Waals surface area contributed by atoms with Crippen LogP contribution in [0.4, 0.5) is 25.8 Å². The first-order chi connectivity index (χ1) is 12.9. The molecule has 0 aliphatic rings. The normalized spacial score (nSPS) is 11.2. The van der Waals surface area contributed by atoms with E-state index in [9.17, 15) is 17.2 Å². The molecule has 27 heavy (non-hydrogen) atoms. The Hall–Kier alpha value is -2.93. The zero-order chi connectivity index (χ0) is 19.3. The van der Waals surface area contributed by atoms with Gasteiger partial charge in [-0.15, -0.1) is 0 Å². The average molecular weight is 388 g/mol. The maximum atomic E-state index is 13.7. The highest BCUT2D eigenvalue weighted by Crippen LogP contribution is 2.24. The molecular formula is C20H18F2N2O2S. The molecule has 0 aliphatic heterocycles. The number of aryl methyl sites for hydroxylation is 1. The smallest absolute Gasteiger partial charge is 0.233 e. The topological polar surface area (TPSA) is 58.2 Å². The third-order valence-electron chi connectivity index (χ3n) is 3.89. The van der Waals surface area contributed by atoms with Crippen molar-refractivity contribution in [1.82, 2.24) is 0 Å². The fraction of sp³-hybridized carbons (Fsp3) is 0.100. The van der Waals surface area contributed by atoms with Crippen LogP contribution in [0.25, 0.3) is 0 Å². The Morgan fingerprint density at radius 2 is 1.33 bits per heavy atom. The van der Waals surface area contributed by atoms with Gasteiger partial charge in [-0.05, 0) is 48.4 Å². The third kappa shape index (κ3) is 5.27. The summed E-state index contributed by atoms with van der Waals surface area (Å²) in [5, 5.41) is 2.65. The number of nitrogens with one attached hydrogen (secondary N) is 2. The van der Waals surface area contributed by atoms with Gasteiger partial charge in [0.1, 0.15) is 17.3 Å². The lowest BCUT2D eigenvalue weighted by atomic mass is 10.2. The molecule has 0 aliphatic carbocycles. The van der Waals surface area contributed by atoms with Gasteiger partial charge in [-0.2, -0.15) is 0 Å². The number of hydrogen-bond donors (Lipinski definition) is 2. The Labute approximate surface area is 156 Å². The Morgan fingerprint density at radius 3 is 1.96 bits per heavy atom. The van der Waals surface area contributed by atoms with Gasteiger partial charge in [-0.3, -0.25) is 4.72 Å². The summed E-state index contributed by atoms with van der Waals surface area (Å²) in [5.41, 5.74) is 1.50. The van der Waals surface area contributed by atoms with Crippen molar-refractivity contribution in [3.05, 3.63) is 90.0 Å². The first-order valence-electron chi connectivity index (χ1n) is 8.28. The predicted octanol–water partition coefficient (Wildman–Crippen LogP) is 4.69. The van der Waals surface area contributed by atoms with Crippen LogP contribution in [0.5, 0.6) is 0 Å². The molecule has 0 bridgehead atoms. The Kier molecular flexibility index (Phi) is 5.71. The number of para-hydroxylation sites is 1. The summed E-state index contributed by atoms with van der Waals surface area (Å²) in [5.74, 6) is -1.46. The number of rotatable bonds is 7. The van der Waals surface area contributed by atoms with Gasteiger partial charge in [0.15, 0.2) is 0 Å². The molecule has 0 radical (unpaired) electrons. The van der Waals surface area contributed by atoms with Crippen LogP contribution in [-0.2, 0) is 16.4 Å². The molecule has 3 aromatic carbocycles. The Balaban J connectivity index is 1.63. The van der Waals surface area contributed by atoms with E-state index in [0.717, 1.165) is 17.7 Å². The van der Waals surface area contributed by atoms with Gasteiger partial charge in [0.2, 0.25) is 10.0 Å². The van der Waals surface area contributed by atoms with E-state index >= 15 is 0 Å². The summed E-state index contributed by atoms with van der Waals surface area (Å²) in [6, 6.07) is 19.1. The number of halogens is 2. The highest BCUT2D eigenvalue weighted by Gasteiger charge is 2.12. The van der Waals surface area contributed by atoms with E-state index in [4.69, 9.17) is 0 Å². The molecular weight excluding hydrogens is 370 g/mol. The number of benzene rings is 3. The van der Waals surface area contributed by atoms with Crippen LogP contribution in [0.1, 0.15) is 5.56 Å². The maximum absolute atomic E-state index is 13.7. The second kappa shape index (κ2) is 8.18. The van der Waals surface area contributed by atoms with E-state index in [1.165, 1.54) is 18.2 Å². The van der Waals surface area contributed by atoms with Gasteiger partial charge in [0.25, 0.3) is 0 Å². The van der Waals surface area contributed by atoms with Gasteiger partial charge in [0.05, 0.1) is 5.75 Å². The highest BCUT2D eigenvalue weighted by molar-refractivity contribution is 7.92. The fourth-order valence-corrected chi connectivity index (χ4v) is 3.61. The van der Waals surface area contributed by atoms with Crippen LogP contribution in [0.2, 0.25) is 0 Å². The molecule has 140 valence electrons. The van der Waals surface area contributed by atoms with Crippen LogP contribution in [0, 0.1) is 11.6 Å². The minimum absolute atomic E-state index is 0.0442. The molecule has 2 N–H and O–H groups in total. The maximum Gasteiger partial charge on any atom is 0.233 e. The van der Waals surface area contributed by atoms with Gasteiger partial charge >= 0.3 is 0 Å². The van der Waals surface area contributed by atoms with Crippen molar-refractivity contribution in [2.45, 2.75) is 6.42 Å². The van der Waals surface area contributed by atoms with E-state index < -0.39 is 21.7 Å². The standard InChI is InChI=1S/C20H18F2N2O2S/c21-18-7-4-8-19(22)20(18)23-16-9-11-17(12-10-16)24-27(25,26)14-13-15-5-2-1-3-6-15/h1-12,23-24H,13-14H2. The molecule has 3 rings (SSSR count). The zero-order valence-electron chi connectivity index (χ0n) is 14.3. The lowest BCUT2D eigenvalue weighted by Crippen LogP contribution is -2.18. The molecule has 0 spiro atoms. The van der Waals surface area contributed by atoms with E-state index in [-0.39, 0.29) is 11.4 Å². The van der Waals surface area contributed by atoms with E-state index in [1.54, 1.807) is 12.1 Å². The average Bonchev–Trinajstić information content (AvgIpc) is 2.65. The van der Waals surface area contributed by atoms with Gasteiger partial charge in [0, 0.05) is 11.4 Å². The monoisotopic (exact) mass is 388 g/mol. The SMILES string of the molecule is O=S(=O)(CCc1ccccc1)Nc1ccc(Nc2c(F)cccc2F)cc1. The fourth-order valence-electron chi connectivity index (χ4n) is 2.51. The lowest BCUT2D eigenvalue weighted by molar-refractivity contribution is 0.590. The zero-order valence-corrected chi connectivity index (χ0v) is 15.1. The molecule has 7 heteroatoms. The minimum Gasteiger partial charge on any atom is -0.351 e. The van der Waals surface area contributed by atoms with Crippen molar-refractivity contribution in [1.29, 1.82) is 0 Å². The lowest BCUT2D eigenvalue weighted by Gasteiger charge is -2.11. The molecule has 0 saturated carbocycles. The molecule has 0 heterocycles. The van der Waals surface area contributed by atoms with Crippen molar-refractivity contribution in [2.75, 3.05) is 15.8 Å². The summed E-state index contributed by atoms with van der Waals surface area (Å²) >= 11 is 0. The summed E-state index contributed by atoms with van der Waals surface area (Å²) in [4.78, 5) is 0. The second-order valence-electron chi connectivity index (χ2n) is 5.96. The summed E-state index contributed by atoms with van der Waals surface area (Å²) in [6.07, 6.45) is 0.405. The molecule has 0 aromatic heterocycles. The van der Waals surface area contributed by atoms with Crippen molar-refractivity contribution in [3.8, 4) is 0 Å². The van der Waals surface area contributed by atoms with Gasteiger partial charge in [-0.1, -0.05) is 36.4 Å². The molecule has 0 saturated heterocycles. The van der Waals surface area contributed by atoms with Gasteiger partial charge < -0.3 is 5.32 Å². The van der Waals surface area contributed by atoms with Crippen molar-refractivity contribution in [3.63, 3.8) is 0 Å². The number of sulfonamides is 1. The first kappa shape index (κ1) is 18.8. The van der Waals surface area contributed by atoms with Crippen LogP contribution >= 0.6 is 0 Å². The summed E-state index contributed by atoms with van der Waals surface area (Å²) < 4.78 is 54.3. The van der Waals surface area contributed by atoms with Crippen LogP contribution < -0.4 is 10.0 Å². The van der Waals surface area contributed by atoms with E-state index in [0.29, 0.717) is 17.8 Å². The summed E-state index contributed by atoms with van der Waals surface area (Å²) in [7, 11) is -3.51. The molecule has 4 nitrogen and oxygen atoms in total. The van der Waals surface area contributed by atoms with Crippen molar-refractivity contribution in [2.24, 2.45) is 0 Å². The van der Waals surface area contributed by atoms with E-state index in [2.05, 4.69) is 10.0 Å². The molecule has 0 amide bonds.